The number of aryl methyl sites for hydroxylation is 1. The van der Waals surface area contributed by atoms with Crippen molar-refractivity contribution in [3.8, 4) is 0 Å². The van der Waals surface area contributed by atoms with Crippen LogP contribution < -0.4 is 5.32 Å². The summed E-state index contributed by atoms with van der Waals surface area (Å²) in [7, 11) is 3.83. The van der Waals surface area contributed by atoms with Gasteiger partial charge >= 0.3 is 0 Å². The zero-order valence-electron chi connectivity index (χ0n) is 12.8. The molecule has 1 saturated heterocycles. The van der Waals surface area contributed by atoms with Crippen molar-refractivity contribution in [1.29, 1.82) is 0 Å². The van der Waals surface area contributed by atoms with E-state index in [-0.39, 0.29) is 0 Å². The lowest BCUT2D eigenvalue weighted by molar-refractivity contribution is 0.407. The van der Waals surface area contributed by atoms with Gasteiger partial charge < -0.3 is 14.8 Å². The first-order chi connectivity index (χ1) is 9.65. The molecule has 2 heterocycles. The average Bonchev–Trinajstić information content (AvgIpc) is 2.80. The SMILES string of the molecule is CCC1CN(C(=NC)NCc2nnc(C)n2C)CCS1. The van der Waals surface area contributed by atoms with Crippen LogP contribution in [0.1, 0.15) is 25.0 Å². The highest BCUT2D eigenvalue weighted by Gasteiger charge is 2.21. The zero-order chi connectivity index (χ0) is 14.5. The Morgan fingerprint density at radius 2 is 2.30 bits per heavy atom. The molecule has 0 aliphatic carbocycles. The van der Waals surface area contributed by atoms with Crippen LogP contribution in [0.5, 0.6) is 0 Å². The molecule has 112 valence electrons. The number of thioether (sulfide) groups is 1. The molecule has 7 heteroatoms. The van der Waals surface area contributed by atoms with E-state index in [2.05, 4.69) is 44.1 Å². The molecule has 0 amide bonds. The summed E-state index contributed by atoms with van der Waals surface area (Å²) in [5.74, 6) is 3.99. The van der Waals surface area contributed by atoms with Gasteiger partial charge in [0.2, 0.25) is 0 Å². The summed E-state index contributed by atoms with van der Waals surface area (Å²) in [5, 5.41) is 12.3. The van der Waals surface area contributed by atoms with Crippen molar-refractivity contribution < 1.29 is 0 Å². The average molecular weight is 296 g/mol. The first kappa shape index (κ1) is 15.2. The van der Waals surface area contributed by atoms with Crippen molar-refractivity contribution in [3.05, 3.63) is 11.6 Å². The standard InChI is InChI=1S/C13H24N6S/c1-5-11-9-19(6-7-20-11)13(14-3)15-8-12-17-16-10(2)18(12)4/h11H,5-9H2,1-4H3,(H,14,15). The van der Waals surface area contributed by atoms with Gasteiger partial charge in [0.1, 0.15) is 5.82 Å². The van der Waals surface area contributed by atoms with Crippen LogP contribution in [0.3, 0.4) is 0 Å². The summed E-state index contributed by atoms with van der Waals surface area (Å²) < 4.78 is 2.00. The van der Waals surface area contributed by atoms with Gasteiger partial charge in [-0.25, -0.2) is 0 Å². The monoisotopic (exact) mass is 296 g/mol. The number of hydrogen-bond donors (Lipinski definition) is 1. The lowest BCUT2D eigenvalue weighted by atomic mass is 10.3. The Morgan fingerprint density at radius 3 is 2.90 bits per heavy atom. The van der Waals surface area contributed by atoms with E-state index in [0.29, 0.717) is 11.8 Å². The number of hydrogen-bond acceptors (Lipinski definition) is 4. The maximum atomic E-state index is 4.40. The van der Waals surface area contributed by atoms with Crippen molar-refractivity contribution in [2.24, 2.45) is 12.0 Å². The molecular weight excluding hydrogens is 272 g/mol. The Hall–Kier alpha value is -1.24. The Balaban J connectivity index is 1.94. The third-order valence-electron chi connectivity index (χ3n) is 3.69. The molecule has 1 aliphatic heterocycles. The molecule has 1 N–H and O–H groups in total. The van der Waals surface area contributed by atoms with Crippen LogP contribution in [0.15, 0.2) is 4.99 Å². The molecular formula is C13H24N6S. The van der Waals surface area contributed by atoms with Gasteiger partial charge in [0.05, 0.1) is 6.54 Å². The summed E-state index contributed by atoms with van der Waals surface area (Å²) >= 11 is 2.06. The molecule has 1 aromatic heterocycles. The second kappa shape index (κ2) is 6.97. The molecule has 0 spiro atoms. The Labute approximate surface area is 125 Å². The molecule has 1 atom stereocenters. The lowest BCUT2D eigenvalue weighted by Gasteiger charge is -2.34. The number of rotatable bonds is 3. The molecule has 0 saturated carbocycles. The topological polar surface area (TPSA) is 58.3 Å². The minimum absolute atomic E-state index is 0.657. The normalized spacial score (nSPS) is 20.3. The van der Waals surface area contributed by atoms with E-state index < -0.39 is 0 Å². The van der Waals surface area contributed by atoms with Crippen molar-refractivity contribution >= 4 is 17.7 Å². The first-order valence-electron chi connectivity index (χ1n) is 7.07. The fourth-order valence-electron chi connectivity index (χ4n) is 2.25. The van der Waals surface area contributed by atoms with Gasteiger partial charge in [-0.15, -0.1) is 10.2 Å². The minimum atomic E-state index is 0.657. The quantitative estimate of drug-likeness (QED) is 0.667. The number of nitrogens with zero attached hydrogens (tertiary/aromatic N) is 5. The van der Waals surface area contributed by atoms with Crippen molar-refractivity contribution in [2.75, 3.05) is 25.9 Å². The van der Waals surface area contributed by atoms with E-state index in [0.717, 1.165) is 30.7 Å². The molecule has 1 unspecified atom stereocenters. The smallest absolute Gasteiger partial charge is 0.194 e. The van der Waals surface area contributed by atoms with Crippen LogP contribution in [-0.2, 0) is 13.6 Å². The molecule has 0 bridgehead atoms. The van der Waals surface area contributed by atoms with Crippen LogP contribution in [0.4, 0.5) is 0 Å². The predicted molar refractivity (Wildman–Crippen MR) is 84.0 cm³/mol. The largest absolute Gasteiger partial charge is 0.349 e. The predicted octanol–water partition coefficient (Wildman–Crippen LogP) is 1.03. The molecule has 1 fully saturated rings. The highest BCUT2D eigenvalue weighted by atomic mass is 32.2. The Bertz CT molecular complexity index is 469. The highest BCUT2D eigenvalue weighted by molar-refractivity contribution is 8.00. The van der Waals surface area contributed by atoms with Gasteiger partial charge in [-0.1, -0.05) is 6.92 Å². The molecule has 1 aromatic rings. The third kappa shape index (κ3) is 3.45. The summed E-state index contributed by atoms with van der Waals surface area (Å²) in [6.07, 6.45) is 1.21. The zero-order valence-corrected chi connectivity index (χ0v) is 13.6. The summed E-state index contributed by atoms with van der Waals surface area (Å²) in [5.41, 5.74) is 0. The summed E-state index contributed by atoms with van der Waals surface area (Å²) in [4.78, 5) is 6.74. The van der Waals surface area contributed by atoms with Crippen molar-refractivity contribution in [2.45, 2.75) is 32.1 Å². The Kier molecular flexibility index (Phi) is 5.28. The molecule has 0 aromatic carbocycles. The molecule has 0 radical (unpaired) electrons. The van der Waals surface area contributed by atoms with Gasteiger partial charge in [-0.3, -0.25) is 4.99 Å². The van der Waals surface area contributed by atoms with Gasteiger partial charge in [0.25, 0.3) is 0 Å². The fraction of sp³-hybridized carbons (Fsp3) is 0.769. The molecule has 2 rings (SSSR count). The lowest BCUT2D eigenvalue weighted by Crippen LogP contribution is -2.47. The van der Waals surface area contributed by atoms with Gasteiger partial charge in [-0.05, 0) is 13.3 Å². The van der Waals surface area contributed by atoms with Gasteiger partial charge in [0.15, 0.2) is 11.8 Å². The molecule has 20 heavy (non-hydrogen) atoms. The van der Waals surface area contributed by atoms with Crippen LogP contribution in [-0.4, -0.2) is 56.8 Å². The second-order valence-electron chi connectivity index (χ2n) is 4.97. The number of guanidine groups is 1. The van der Waals surface area contributed by atoms with E-state index >= 15 is 0 Å². The molecule has 1 aliphatic rings. The van der Waals surface area contributed by atoms with Crippen LogP contribution >= 0.6 is 11.8 Å². The number of aromatic nitrogens is 3. The van der Waals surface area contributed by atoms with E-state index in [4.69, 9.17) is 0 Å². The van der Waals surface area contributed by atoms with E-state index in [9.17, 15) is 0 Å². The van der Waals surface area contributed by atoms with Crippen molar-refractivity contribution in [3.63, 3.8) is 0 Å². The Morgan fingerprint density at radius 1 is 1.50 bits per heavy atom. The third-order valence-corrected chi connectivity index (χ3v) is 5.06. The van der Waals surface area contributed by atoms with Gasteiger partial charge in [-0.2, -0.15) is 11.8 Å². The van der Waals surface area contributed by atoms with E-state index in [1.165, 1.54) is 12.2 Å². The van der Waals surface area contributed by atoms with Crippen LogP contribution in [0.25, 0.3) is 0 Å². The summed E-state index contributed by atoms with van der Waals surface area (Å²) in [6, 6.07) is 0. The minimum Gasteiger partial charge on any atom is -0.349 e. The molecule has 6 nitrogen and oxygen atoms in total. The van der Waals surface area contributed by atoms with Crippen LogP contribution in [0, 0.1) is 6.92 Å². The first-order valence-corrected chi connectivity index (χ1v) is 8.12. The maximum Gasteiger partial charge on any atom is 0.194 e. The maximum absolute atomic E-state index is 4.40. The number of aliphatic imine (C=N–C) groups is 1. The number of nitrogens with one attached hydrogen (secondary N) is 1. The van der Waals surface area contributed by atoms with Crippen LogP contribution in [0.2, 0.25) is 0 Å². The van der Waals surface area contributed by atoms with E-state index in [1.54, 1.807) is 0 Å². The van der Waals surface area contributed by atoms with Crippen molar-refractivity contribution in [1.82, 2.24) is 25.0 Å². The van der Waals surface area contributed by atoms with Gasteiger partial charge in [0, 0.05) is 38.2 Å². The fourth-order valence-corrected chi connectivity index (χ4v) is 3.43. The summed E-state index contributed by atoms with van der Waals surface area (Å²) in [6.45, 7) is 6.99. The second-order valence-corrected chi connectivity index (χ2v) is 6.38. The highest BCUT2D eigenvalue weighted by Crippen LogP contribution is 2.21. The van der Waals surface area contributed by atoms with E-state index in [1.807, 2.05) is 25.6 Å².